The van der Waals surface area contributed by atoms with Crippen molar-refractivity contribution in [2.75, 3.05) is 19.5 Å². The van der Waals surface area contributed by atoms with Gasteiger partial charge in [0.05, 0.1) is 19.9 Å². The van der Waals surface area contributed by atoms with Gasteiger partial charge in [-0.3, -0.25) is 4.79 Å². The summed E-state index contributed by atoms with van der Waals surface area (Å²) in [6, 6.07) is 13.8. The standard InChI is InChI=1S/C18H16N2O5/c1-23-14-8-4-3-7-13(14)19-17(21)12-10-11-6-5-9-15(24-2)16(11)25-18(12)20-22/h3-10,22H,1-2H3,(H,19,21)/b20-18+. The van der Waals surface area contributed by atoms with Crippen LogP contribution in [-0.2, 0) is 0 Å². The number of nitrogens with one attached hydrogen (secondary N) is 1. The number of methoxy groups -OCH3 is 2. The molecule has 7 heteroatoms. The minimum Gasteiger partial charge on any atom is -0.495 e. The Kier molecular flexibility index (Phi) is 4.56. The van der Waals surface area contributed by atoms with Gasteiger partial charge in [-0.15, -0.1) is 0 Å². The smallest absolute Gasteiger partial charge is 0.268 e. The van der Waals surface area contributed by atoms with Crippen LogP contribution >= 0.6 is 0 Å². The number of para-hydroxylation sites is 3. The number of hydrogen-bond acceptors (Lipinski definition) is 6. The second-order valence-electron chi connectivity index (χ2n) is 5.10. The molecule has 0 aliphatic heterocycles. The van der Waals surface area contributed by atoms with Crippen molar-refractivity contribution in [2.45, 2.75) is 0 Å². The largest absolute Gasteiger partial charge is 0.495 e. The first-order chi connectivity index (χ1) is 12.2. The third-order valence-corrected chi connectivity index (χ3v) is 3.65. The molecule has 1 heterocycles. The van der Waals surface area contributed by atoms with Crippen molar-refractivity contribution in [3.05, 3.63) is 59.6 Å². The molecule has 0 fully saturated rings. The highest BCUT2D eigenvalue weighted by Crippen LogP contribution is 2.26. The van der Waals surface area contributed by atoms with Gasteiger partial charge in [-0.1, -0.05) is 24.3 Å². The van der Waals surface area contributed by atoms with Crippen molar-refractivity contribution < 1.29 is 23.9 Å². The van der Waals surface area contributed by atoms with Crippen molar-refractivity contribution in [2.24, 2.45) is 5.16 Å². The zero-order chi connectivity index (χ0) is 17.8. The van der Waals surface area contributed by atoms with Crippen LogP contribution < -0.4 is 20.3 Å². The molecular formula is C18H16N2O5. The Morgan fingerprint density at radius 2 is 1.80 bits per heavy atom. The van der Waals surface area contributed by atoms with E-state index in [1.807, 2.05) is 0 Å². The topological polar surface area (TPSA) is 93.3 Å². The molecule has 1 aromatic heterocycles. The number of ether oxygens (including phenoxy) is 2. The SMILES string of the molecule is COc1ccccc1NC(=O)c1cc2cccc(OC)c2o/c1=N/O. The first-order valence-electron chi connectivity index (χ1n) is 7.41. The van der Waals surface area contributed by atoms with E-state index in [0.717, 1.165) is 0 Å². The number of amides is 1. The first kappa shape index (κ1) is 16.4. The normalized spacial score (nSPS) is 11.4. The van der Waals surface area contributed by atoms with Gasteiger partial charge in [0.25, 0.3) is 11.5 Å². The Labute approximate surface area is 143 Å². The van der Waals surface area contributed by atoms with Crippen LogP contribution in [0.1, 0.15) is 10.4 Å². The molecule has 2 N–H and O–H groups in total. The summed E-state index contributed by atoms with van der Waals surface area (Å²) in [6.07, 6.45) is 0. The molecule has 0 atom stereocenters. The van der Waals surface area contributed by atoms with Crippen LogP contribution in [0.3, 0.4) is 0 Å². The molecule has 2 aromatic carbocycles. The lowest BCUT2D eigenvalue weighted by molar-refractivity contribution is 0.102. The van der Waals surface area contributed by atoms with Crippen LogP contribution in [0.4, 0.5) is 5.69 Å². The minimum atomic E-state index is -0.495. The van der Waals surface area contributed by atoms with E-state index in [9.17, 15) is 10.0 Å². The maximum absolute atomic E-state index is 12.6. The predicted octanol–water partition coefficient (Wildman–Crippen LogP) is 2.99. The average molecular weight is 340 g/mol. The quantitative estimate of drug-likeness (QED) is 0.562. The summed E-state index contributed by atoms with van der Waals surface area (Å²) in [7, 11) is 3.01. The Morgan fingerprint density at radius 3 is 2.52 bits per heavy atom. The maximum Gasteiger partial charge on any atom is 0.268 e. The van der Waals surface area contributed by atoms with E-state index in [2.05, 4.69) is 10.5 Å². The van der Waals surface area contributed by atoms with Gasteiger partial charge in [-0.2, -0.15) is 0 Å². The van der Waals surface area contributed by atoms with Gasteiger partial charge in [0, 0.05) is 5.39 Å². The number of nitrogens with zero attached hydrogens (tertiary/aromatic N) is 1. The predicted molar refractivity (Wildman–Crippen MR) is 91.1 cm³/mol. The van der Waals surface area contributed by atoms with Gasteiger partial charge in [-0.05, 0) is 29.4 Å². The maximum atomic E-state index is 12.6. The summed E-state index contributed by atoms with van der Waals surface area (Å²) >= 11 is 0. The molecular weight excluding hydrogens is 324 g/mol. The number of carbonyl (C=O) groups is 1. The monoisotopic (exact) mass is 340 g/mol. The Bertz CT molecular complexity index is 994. The molecule has 7 nitrogen and oxygen atoms in total. The fourth-order valence-corrected chi connectivity index (χ4v) is 2.46. The third-order valence-electron chi connectivity index (χ3n) is 3.65. The average Bonchev–Trinajstić information content (AvgIpc) is 2.66. The molecule has 25 heavy (non-hydrogen) atoms. The number of hydrogen-bond donors (Lipinski definition) is 2. The van der Waals surface area contributed by atoms with Gasteiger partial charge in [0.1, 0.15) is 11.3 Å². The van der Waals surface area contributed by atoms with E-state index in [1.165, 1.54) is 14.2 Å². The fraction of sp³-hybridized carbons (Fsp3) is 0.111. The third kappa shape index (κ3) is 3.12. The number of fused-ring (bicyclic) bond motifs is 1. The van der Waals surface area contributed by atoms with Gasteiger partial charge >= 0.3 is 0 Å². The van der Waals surface area contributed by atoms with Gasteiger partial charge in [0.2, 0.25) is 0 Å². The van der Waals surface area contributed by atoms with Gasteiger partial charge in [-0.25, -0.2) is 0 Å². The van der Waals surface area contributed by atoms with Crippen molar-refractivity contribution >= 4 is 22.6 Å². The molecule has 128 valence electrons. The van der Waals surface area contributed by atoms with Crippen molar-refractivity contribution in [1.82, 2.24) is 0 Å². The summed E-state index contributed by atoms with van der Waals surface area (Å²) < 4.78 is 16.0. The van der Waals surface area contributed by atoms with E-state index < -0.39 is 5.91 Å². The fourth-order valence-electron chi connectivity index (χ4n) is 2.46. The lowest BCUT2D eigenvalue weighted by Gasteiger charge is -2.10. The van der Waals surface area contributed by atoms with Crippen molar-refractivity contribution in [3.63, 3.8) is 0 Å². The highest BCUT2D eigenvalue weighted by Gasteiger charge is 2.16. The van der Waals surface area contributed by atoms with Crippen LogP contribution in [0, 0.1) is 0 Å². The van der Waals surface area contributed by atoms with Crippen molar-refractivity contribution in [3.8, 4) is 11.5 Å². The summed E-state index contributed by atoms with van der Waals surface area (Å²) in [5.74, 6) is 0.489. The van der Waals surface area contributed by atoms with Crippen LogP contribution in [0.15, 0.2) is 58.1 Å². The minimum absolute atomic E-state index is 0.0779. The second kappa shape index (κ2) is 6.96. The Balaban J connectivity index is 2.07. The van der Waals surface area contributed by atoms with Crippen LogP contribution in [0.2, 0.25) is 0 Å². The van der Waals surface area contributed by atoms with E-state index in [4.69, 9.17) is 13.9 Å². The first-order valence-corrected chi connectivity index (χ1v) is 7.41. The number of carbonyl (C=O) groups excluding carboxylic acids is 1. The van der Waals surface area contributed by atoms with E-state index in [1.54, 1.807) is 48.5 Å². The second-order valence-corrected chi connectivity index (χ2v) is 5.10. The molecule has 0 aliphatic carbocycles. The zero-order valence-corrected chi connectivity index (χ0v) is 13.6. The Morgan fingerprint density at radius 1 is 1.08 bits per heavy atom. The lowest BCUT2D eigenvalue weighted by Crippen LogP contribution is -2.22. The molecule has 0 saturated heterocycles. The van der Waals surface area contributed by atoms with Crippen molar-refractivity contribution in [1.29, 1.82) is 0 Å². The van der Waals surface area contributed by atoms with E-state index >= 15 is 0 Å². The summed E-state index contributed by atoms with van der Waals surface area (Å²) in [6.45, 7) is 0. The Hall–Kier alpha value is -3.48. The molecule has 0 bridgehead atoms. The van der Waals surface area contributed by atoms with Gasteiger partial charge in [0.15, 0.2) is 11.3 Å². The van der Waals surface area contributed by atoms with Gasteiger partial charge < -0.3 is 24.4 Å². The molecule has 0 spiro atoms. The lowest BCUT2D eigenvalue weighted by atomic mass is 10.1. The molecule has 0 saturated carbocycles. The van der Waals surface area contributed by atoms with E-state index in [-0.39, 0.29) is 11.1 Å². The summed E-state index contributed by atoms with van der Waals surface area (Å²) in [4.78, 5) is 12.6. The molecule has 1 amide bonds. The summed E-state index contributed by atoms with van der Waals surface area (Å²) in [5.41, 5.74) is 0.731. The van der Waals surface area contributed by atoms with Crippen LogP contribution in [-0.4, -0.2) is 25.3 Å². The molecule has 0 aliphatic rings. The summed E-state index contributed by atoms with van der Waals surface area (Å²) in [5, 5.41) is 15.7. The van der Waals surface area contributed by atoms with Crippen LogP contribution in [0.25, 0.3) is 11.0 Å². The zero-order valence-electron chi connectivity index (χ0n) is 13.6. The highest BCUT2D eigenvalue weighted by molar-refractivity contribution is 6.06. The van der Waals surface area contributed by atoms with E-state index in [0.29, 0.717) is 28.2 Å². The van der Waals surface area contributed by atoms with Crippen LogP contribution in [0.5, 0.6) is 11.5 Å². The molecule has 0 radical (unpaired) electrons. The number of anilines is 1. The molecule has 3 rings (SSSR count). The highest BCUT2D eigenvalue weighted by atomic mass is 16.5. The number of benzene rings is 2. The molecule has 3 aromatic rings. The molecule has 0 unspecified atom stereocenters. The number of rotatable bonds is 4.